The van der Waals surface area contributed by atoms with E-state index in [4.69, 9.17) is 0 Å². The molecule has 20 heavy (non-hydrogen) atoms. The molecule has 0 radical (unpaired) electrons. The Bertz CT molecular complexity index is 431. The number of hydrogen-bond donors (Lipinski definition) is 1. The molecule has 1 N–H and O–H groups in total. The van der Waals surface area contributed by atoms with Crippen molar-refractivity contribution in [3.8, 4) is 5.75 Å². The molecule has 2 fully saturated rings. The second-order valence-corrected chi connectivity index (χ2v) is 6.65. The summed E-state index contributed by atoms with van der Waals surface area (Å²) < 4.78 is 0. The van der Waals surface area contributed by atoms with E-state index in [2.05, 4.69) is 17.0 Å². The zero-order chi connectivity index (χ0) is 13.8. The van der Waals surface area contributed by atoms with E-state index in [1.54, 1.807) is 0 Å². The summed E-state index contributed by atoms with van der Waals surface area (Å²) in [6.45, 7) is 3.29. The lowest BCUT2D eigenvalue weighted by Gasteiger charge is -2.27. The van der Waals surface area contributed by atoms with Crippen LogP contribution in [-0.4, -0.2) is 23.1 Å². The fourth-order valence-electron chi connectivity index (χ4n) is 3.80. The number of phenolic OH excluding ortho intramolecular Hbond substituents is 1. The average Bonchev–Trinajstić information content (AvgIpc) is 2.97. The van der Waals surface area contributed by atoms with Crippen LogP contribution in [0.3, 0.4) is 0 Å². The van der Waals surface area contributed by atoms with Crippen molar-refractivity contribution < 1.29 is 5.11 Å². The molecule has 3 rings (SSSR count). The standard InChI is InChI=1S/C18H27NO/c20-18-9-8-16(12-15-6-2-3-7-15)13-17(18)14-19-10-4-1-5-11-19/h8-9,13,15,20H,1-7,10-12,14H2. The molecule has 2 heteroatoms. The highest BCUT2D eigenvalue weighted by atomic mass is 16.3. The molecule has 1 saturated heterocycles. The number of hydrogen-bond acceptors (Lipinski definition) is 2. The van der Waals surface area contributed by atoms with E-state index in [-0.39, 0.29) is 0 Å². The third kappa shape index (κ3) is 3.54. The molecule has 0 atom stereocenters. The van der Waals surface area contributed by atoms with E-state index in [1.807, 2.05) is 6.07 Å². The fourth-order valence-corrected chi connectivity index (χ4v) is 3.80. The van der Waals surface area contributed by atoms with Crippen molar-refractivity contribution in [1.29, 1.82) is 0 Å². The number of phenols is 1. The van der Waals surface area contributed by atoms with E-state index < -0.39 is 0 Å². The highest BCUT2D eigenvalue weighted by molar-refractivity contribution is 5.36. The van der Waals surface area contributed by atoms with E-state index in [0.717, 1.165) is 18.0 Å². The summed E-state index contributed by atoms with van der Waals surface area (Å²) >= 11 is 0. The molecule has 1 aromatic carbocycles. The van der Waals surface area contributed by atoms with Crippen molar-refractivity contribution in [1.82, 2.24) is 4.90 Å². The maximum Gasteiger partial charge on any atom is 0.120 e. The molecule has 110 valence electrons. The van der Waals surface area contributed by atoms with Crippen molar-refractivity contribution in [3.63, 3.8) is 0 Å². The lowest BCUT2D eigenvalue weighted by Crippen LogP contribution is -2.29. The number of rotatable bonds is 4. The van der Waals surface area contributed by atoms with E-state index in [0.29, 0.717) is 5.75 Å². The van der Waals surface area contributed by atoms with Gasteiger partial charge in [-0.05, 0) is 49.9 Å². The van der Waals surface area contributed by atoms with Crippen LogP contribution in [0.5, 0.6) is 5.75 Å². The smallest absolute Gasteiger partial charge is 0.120 e. The maximum absolute atomic E-state index is 10.1. The number of benzene rings is 1. The normalized spacial score (nSPS) is 21.4. The van der Waals surface area contributed by atoms with Crippen LogP contribution >= 0.6 is 0 Å². The highest BCUT2D eigenvalue weighted by Gasteiger charge is 2.17. The third-order valence-corrected chi connectivity index (χ3v) is 4.99. The van der Waals surface area contributed by atoms with Gasteiger partial charge in [-0.25, -0.2) is 0 Å². The van der Waals surface area contributed by atoms with Gasteiger partial charge in [-0.1, -0.05) is 44.2 Å². The van der Waals surface area contributed by atoms with Crippen LogP contribution in [0.25, 0.3) is 0 Å². The van der Waals surface area contributed by atoms with Crippen LogP contribution in [0.1, 0.15) is 56.1 Å². The van der Waals surface area contributed by atoms with Gasteiger partial charge in [0.1, 0.15) is 5.75 Å². The summed E-state index contributed by atoms with van der Waals surface area (Å²) in [5.74, 6) is 1.35. The maximum atomic E-state index is 10.1. The quantitative estimate of drug-likeness (QED) is 0.892. The fraction of sp³-hybridized carbons (Fsp3) is 0.667. The first-order valence-corrected chi connectivity index (χ1v) is 8.34. The Morgan fingerprint density at radius 2 is 1.75 bits per heavy atom. The van der Waals surface area contributed by atoms with Crippen LogP contribution in [0.2, 0.25) is 0 Å². The Hall–Kier alpha value is -1.02. The van der Waals surface area contributed by atoms with Gasteiger partial charge < -0.3 is 5.11 Å². The van der Waals surface area contributed by atoms with E-state index >= 15 is 0 Å². The molecule has 1 aromatic rings. The van der Waals surface area contributed by atoms with Gasteiger partial charge >= 0.3 is 0 Å². The summed E-state index contributed by atoms with van der Waals surface area (Å²) in [6.07, 6.45) is 10.8. The molecule has 1 heterocycles. The van der Waals surface area contributed by atoms with Crippen LogP contribution in [0, 0.1) is 5.92 Å². The second-order valence-electron chi connectivity index (χ2n) is 6.65. The SMILES string of the molecule is Oc1ccc(CC2CCCC2)cc1CN1CCCCC1. The average molecular weight is 273 g/mol. The van der Waals surface area contributed by atoms with Crippen LogP contribution in [-0.2, 0) is 13.0 Å². The molecule has 0 amide bonds. The predicted octanol–water partition coefficient (Wildman–Crippen LogP) is 4.11. The molecular formula is C18H27NO. The Morgan fingerprint density at radius 3 is 2.50 bits per heavy atom. The van der Waals surface area contributed by atoms with Gasteiger partial charge in [0.2, 0.25) is 0 Å². The molecule has 0 aromatic heterocycles. The van der Waals surface area contributed by atoms with Crippen molar-refractivity contribution in [2.75, 3.05) is 13.1 Å². The van der Waals surface area contributed by atoms with Crippen LogP contribution in [0.4, 0.5) is 0 Å². The van der Waals surface area contributed by atoms with Crippen molar-refractivity contribution in [2.24, 2.45) is 5.92 Å². The molecular weight excluding hydrogens is 246 g/mol. The Morgan fingerprint density at radius 1 is 1.00 bits per heavy atom. The lowest BCUT2D eigenvalue weighted by atomic mass is 9.96. The molecule has 0 unspecified atom stereocenters. The largest absolute Gasteiger partial charge is 0.508 e. The second kappa shape index (κ2) is 6.62. The van der Waals surface area contributed by atoms with Gasteiger partial charge in [-0.2, -0.15) is 0 Å². The van der Waals surface area contributed by atoms with Crippen molar-refractivity contribution >= 4 is 0 Å². The number of aromatic hydroxyl groups is 1. The topological polar surface area (TPSA) is 23.5 Å². The van der Waals surface area contributed by atoms with Crippen molar-refractivity contribution in [2.45, 2.75) is 57.9 Å². The summed E-state index contributed by atoms with van der Waals surface area (Å²) in [6, 6.07) is 6.28. The zero-order valence-corrected chi connectivity index (χ0v) is 12.5. The minimum Gasteiger partial charge on any atom is -0.508 e. The molecule has 1 aliphatic carbocycles. The summed E-state index contributed by atoms with van der Waals surface area (Å²) in [5.41, 5.74) is 2.55. The van der Waals surface area contributed by atoms with Gasteiger partial charge in [0.05, 0.1) is 0 Å². The van der Waals surface area contributed by atoms with Gasteiger partial charge in [0.25, 0.3) is 0 Å². The minimum atomic E-state index is 0.478. The van der Waals surface area contributed by atoms with Crippen LogP contribution in [0.15, 0.2) is 18.2 Å². The predicted molar refractivity (Wildman–Crippen MR) is 82.9 cm³/mol. The van der Waals surface area contributed by atoms with Gasteiger partial charge in [-0.15, -0.1) is 0 Å². The first-order chi connectivity index (χ1) is 9.81. The Labute approximate surface area is 122 Å². The monoisotopic (exact) mass is 273 g/mol. The number of nitrogens with zero attached hydrogens (tertiary/aromatic N) is 1. The van der Waals surface area contributed by atoms with Gasteiger partial charge in [-0.3, -0.25) is 4.90 Å². The molecule has 0 spiro atoms. The third-order valence-electron chi connectivity index (χ3n) is 4.99. The van der Waals surface area contributed by atoms with E-state index in [9.17, 15) is 5.11 Å². The van der Waals surface area contributed by atoms with E-state index in [1.165, 1.54) is 70.0 Å². The molecule has 0 bridgehead atoms. The molecule has 2 aliphatic rings. The highest BCUT2D eigenvalue weighted by Crippen LogP contribution is 2.30. The summed E-state index contributed by atoms with van der Waals surface area (Å²) in [4.78, 5) is 2.48. The Balaban J connectivity index is 1.65. The molecule has 1 saturated carbocycles. The summed E-state index contributed by atoms with van der Waals surface area (Å²) in [5, 5.41) is 10.1. The molecule has 2 nitrogen and oxygen atoms in total. The minimum absolute atomic E-state index is 0.478. The number of likely N-dealkylation sites (tertiary alicyclic amines) is 1. The first kappa shape index (κ1) is 13.9. The molecule has 1 aliphatic heterocycles. The Kier molecular flexibility index (Phi) is 4.62. The van der Waals surface area contributed by atoms with Crippen LogP contribution < -0.4 is 0 Å². The summed E-state index contributed by atoms with van der Waals surface area (Å²) in [7, 11) is 0. The van der Waals surface area contributed by atoms with Crippen molar-refractivity contribution in [3.05, 3.63) is 29.3 Å². The van der Waals surface area contributed by atoms with Gasteiger partial charge in [0.15, 0.2) is 0 Å². The van der Waals surface area contributed by atoms with Gasteiger partial charge in [0, 0.05) is 12.1 Å². The lowest BCUT2D eigenvalue weighted by molar-refractivity contribution is 0.218. The zero-order valence-electron chi connectivity index (χ0n) is 12.5. The number of piperidine rings is 1. The first-order valence-electron chi connectivity index (χ1n) is 8.34.